The van der Waals surface area contributed by atoms with E-state index in [0.29, 0.717) is 0 Å². The Morgan fingerprint density at radius 3 is 1.56 bits per heavy atom. The van der Waals surface area contributed by atoms with Crippen LogP contribution in [0.5, 0.6) is 0 Å². The van der Waals surface area contributed by atoms with Crippen LogP contribution >= 0.6 is 0 Å². The lowest BCUT2D eigenvalue weighted by Gasteiger charge is -2.11. The highest BCUT2D eigenvalue weighted by molar-refractivity contribution is 6.48. The quantitative estimate of drug-likeness (QED) is 0.402. The highest BCUT2D eigenvalue weighted by atomic mass is 28.4. The fourth-order valence-corrected chi connectivity index (χ4v) is 0.949. The maximum absolute atomic E-state index is 8.22. The normalized spacial score (nSPS) is 11.3. The van der Waals surface area contributed by atoms with Crippen molar-refractivity contribution >= 4 is 9.05 Å². The Hall–Kier alpha value is 0.0169. The van der Waals surface area contributed by atoms with Crippen LogP contribution in [0.2, 0.25) is 0 Å². The molecule has 0 aliphatic carbocycles. The predicted molar refractivity (Wildman–Crippen MR) is 32.2 cm³/mol. The molecule has 0 aliphatic heterocycles. The molecule has 0 saturated heterocycles. The first-order valence-electron chi connectivity index (χ1n) is 2.27. The molecule has 0 radical (unpaired) electrons. The molecule has 0 aromatic rings. The molecule has 0 fully saturated rings. The van der Waals surface area contributed by atoms with Crippen LogP contribution in [0.15, 0.2) is 0 Å². The van der Waals surface area contributed by atoms with Crippen LogP contribution in [0.25, 0.3) is 0 Å². The summed E-state index contributed by atoms with van der Waals surface area (Å²) in [5.41, 5.74) is 0. The molecule has 5 N–H and O–H groups in total. The van der Waals surface area contributed by atoms with Crippen molar-refractivity contribution in [3.8, 4) is 0 Å². The lowest BCUT2D eigenvalue weighted by atomic mass is 10.5. The molecular formula is C3H12O5Si. The van der Waals surface area contributed by atoms with Gasteiger partial charge in [-0.25, -0.2) is 0 Å². The third-order valence-electron chi connectivity index (χ3n) is 0.394. The molecule has 0 amide bonds. The fraction of sp³-hybridized carbons (Fsp3) is 1.00. The second kappa shape index (κ2) is 3.93. The van der Waals surface area contributed by atoms with E-state index in [4.69, 9.17) is 14.4 Å². The predicted octanol–water partition coefficient (Wildman–Crippen LogP) is -2.00. The first-order chi connectivity index (χ1) is 3.42. The average Bonchev–Trinajstić information content (AvgIpc) is 1.21. The van der Waals surface area contributed by atoms with Gasteiger partial charge in [0.2, 0.25) is 0 Å². The van der Waals surface area contributed by atoms with Crippen molar-refractivity contribution < 1.29 is 24.3 Å². The van der Waals surface area contributed by atoms with Crippen molar-refractivity contribution in [1.29, 1.82) is 0 Å². The van der Waals surface area contributed by atoms with E-state index in [0.717, 1.165) is 0 Å². The molecule has 58 valence electrons. The number of hydrogen-bond acceptors (Lipinski definition) is 4. The third-order valence-corrected chi connectivity index (χ3v) is 1.18. The summed E-state index contributed by atoms with van der Waals surface area (Å²) < 4.78 is 4.24. The van der Waals surface area contributed by atoms with Crippen molar-refractivity contribution in [3.63, 3.8) is 0 Å². The van der Waals surface area contributed by atoms with Crippen LogP contribution in [0.4, 0.5) is 0 Å². The first kappa shape index (κ1) is 11.8. The van der Waals surface area contributed by atoms with Gasteiger partial charge in [0.1, 0.15) is 0 Å². The molecule has 6 heteroatoms. The zero-order valence-electron chi connectivity index (χ0n) is 5.33. The van der Waals surface area contributed by atoms with Crippen LogP contribution in [-0.2, 0) is 4.43 Å². The minimum atomic E-state index is -4.22. The number of rotatable bonds is 2. The summed E-state index contributed by atoms with van der Waals surface area (Å²) in [6.07, 6.45) is -0.346. The summed E-state index contributed by atoms with van der Waals surface area (Å²) in [6.45, 7) is 3.20. The minimum absolute atomic E-state index is 0. The highest BCUT2D eigenvalue weighted by Gasteiger charge is 2.31. The van der Waals surface area contributed by atoms with Gasteiger partial charge in [0.15, 0.2) is 0 Å². The van der Waals surface area contributed by atoms with Crippen molar-refractivity contribution in [1.82, 2.24) is 0 Å². The summed E-state index contributed by atoms with van der Waals surface area (Å²) >= 11 is 0. The summed E-state index contributed by atoms with van der Waals surface area (Å²) in [6, 6.07) is 0. The van der Waals surface area contributed by atoms with Crippen LogP contribution in [0, 0.1) is 0 Å². The molecule has 0 atom stereocenters. The van der Waals surface area contributed by atoms with E-state index in [9.17, 15) is 0 Å². The topological polar surface area (TPSA) is 101 Å². The summed E-state index contributed by atoms with van der Waals surface area (Å²) in [4.78, 5) is 24.6. The van der Waals surface area contributed by atoms with Crippen LogP contribution in [-0.4, -0.2) is 35.0 Å². The first-order valence-corrected chi connectivity index (χ1v) is 4.02. The minimum Gasteiger partial charge on any atom is -0.412 e. The summed E-state index contributed by atoms with van der Waals surface area (Å²) in [5, 5.41) is 0. The van der Waals surface area contributed by atoms with Crippen molar-refractivity contribution in [2.45, 2.75) is 20.0 Å². The Kier molecular flexibility index (Phi) is 5.14. The molecule has 0 aliphatic rings. The molecule has 0 bridgehead atoms. The largest absolute Gasteiger partial charge is 0.671 e. The highest BCUT2D eigenvalue weighted by Crippen LogP contribution is 1.94. The summed E-state index contributed by atoms with van der Waals surface area (Å²) in [7, 11) is -4.22. The number of hydrogen-bond donors (Lipinski definition) is 3. The fourth-order valence-electron chi connectivity index (χ4n) is 0.316. The Bertz CT molecular complexity index is 67.1. The van der Waals surface area contributed by atoms with Crippen LogP contribution < -0.4 is 0 Å². The maximum atomic E-state index is 8.22. The van der Waals surface area contributed by atoms with Gasteiger partial charge in [-0.2, -0.15) is 0 Å². The Morgan fingerprint density at radius 2 is 1.56 bits per heavy atom. The van der Waals surface area contributed by atoms with E-state index in [-0.39, 0.29) is 11.6 Å². The molecule has 0 rings (SSSR count). The second-order valence-electron chi connectivity index (χ2n) is 1.74. The smallest absolute Gasteiger partial charge is 0.412 e. The van der Waals surface area contributed by atoms with Gasteiger partial charge >= 0.3 is 9.05 Å². The molecule has 9 heavy (non-hydrogen) atoms. The molecule has 0 saturated carbocycles. The van der Waals surface area contributed by atoms with Gasteiger partial charge in [-0.3, -0.25) is 0 Å². The monoisotopic (exact) mass is 156 g/mol. The van der Waals surface area contributed by atoms with Gasteiger partial charge in [0, 0.05) is 6.10 Å². The summed E-state index contributed by atoms with van der Waals surface area (Å²) in [5.74, 6) is 0. The Labute approximate surface area is 54.3 Å². The Morgan fingerprint density at radius 1 is 1.22 bits per heavy atom. The molecular weight excluding hydrogens is 144 g/mol. The third kappa shape index (κ3) is 11.5. The van der Waals surface area contributed by atoms with Gasteiger partial charge < -0.3 is 24.3 Å². The lowest BCUT2D eigenvalue weighted by Crippen LogP contribution is -2.41. The molecule has 0 heterocycles. The van der Waals surface area contributed by atoms with Gasteiger partial charge in [-0.05, 0) is 13.8 Å². The lowest BCUT2D eigenvalue weighted by molar-refractivity contribution is 0.0367. The van der Waals surface area contributed by atoms with E-state index >= 15 is 0 Å². The Balaban J connectivity index is 0. The van der Waals surface area contributed by atoms with Crippen molar-refractivity contribution in [3.05, 3.63) is 0 Å². The van der Waals surface area contributed by atoms with E-state index < -0.39 is 9.05 Å². The van der Waals surface area contributed by atoms with Gasteiger partial charge in [0.25, 0.3) is 0 Å². The van der Waals surface area contributed by atoms with Crippen molar-refractivity contribution in [2.75, 3.05) is 0 Å². The van der Waals surface area contributed by atoms with Gasteiger partial charge in [-0.1, -0.05) is 0 Å². The van der Waals surface area contributed by atoms with Gasteiger partial charge in [0.05, 0.1) is 0 Å². The van der Waals surface area contributed by atoms with E-state index in [1.807, 2.05) is 0 Å². The molecule has 0 aromatic carbocycles. The molecule has 0 aromatic heterocycles. The molecule has 5 nitrogen and oxygen atoms in total. The van der Waals surface area contributed by atoms with Crippen LogP contribution in [0.1, 0.15) is 13.8 Å². The molecule has 0 unspecified atom stereocenters. The maximum Gasteiger partial charge on any atom is 0.671 e. The standard InChI is InChI=1S/C3H10O4Si.H2O/c1-3(2)7-8(4,5)6;/h3-6H,1-2H3;1H2. The van der Waals surface area contributed by atoms with Crippen LogP contribution in [0.3, 0.4) is 0 Å². The zero-order chi connectivity index (χ0) is 6.78. The van der Waals surface area contributed by atoms with E-state index in [1.165, 1.54) is 0 Å². The second-order valence-corrected chi connectivity index (χ2v) is 3.12. The van der Waals surface area contributed by atoms with E-state index in [1.54, 1.807) is 13.8 Å². The average molecular weight is 156 g/mol. The zero-order valence-corrected chi connectivity index (χ0v) is 6.33. The van der Waals surface area contributed by atoms with Gasteiger partial charge in [-0.15, -0.1) is 0 Å². The SMILES string of the molecule is CC(C)O[Si](O)(O)O.O. The van der Waals surface area contributed by atoms with E-state index in [2.05, 4.69) is 4.43 Å². The van der Waals surface area contributed by atoms with Crippen molar-refractivity contribution in [2.24, 2.45) is 0 Å². The molecule has 0 spiro atoms.